The van der Waals surface area contributed by atoms with E-state index in [-0.39, 0.29) is 25.7 Å². The molecule has 0 bridgehead atoms. The van der Waals surface area contributed by atoms with Gasteiger partial charge < -0.3 is 33.8 Å². The summed E-state index contributed by atoms with van der Waals surface area (Å²) in [5, 5.41) is 10.6. The topological polar surface area (TPSA) is 237 Å². The molecule has 3 N–H and O–H groups in total. The summed E-state index contributed by atoms with van der Waals surface area (Å²) in [5.74, 6) is -0.625. The summed E-state index contributed by atoms with van der Waals surface area (Å²) >= 11 is 0. The van der Waals surface area contributed by atoms with Gasteiger partial charge in [-0.1, -0.05) is 311 Å². The van der Waals surface area contributed by atoms with E-state index in [1.54, 1.807) is 0 Å². The third-order valence-electron chi connectivity index (χ3n) is 16.8. The van der Waals surface area contributed by atoms with Gasteiger partial charge in [0.2, 0.25) is 0 Å². The van der Waals surface area contributed by atoms with Crippen LogP contribution in [0.3, 0.4) is 0 Å². The molecule has 19 heteroatoms. The monoisotopic (exact) mass is 1320 g/mol. The third kappa shape index (κ3) is 63.5. The lowest BCUT2D eigenvalue weighted by molar-refractivity contribution is -0.161. The number of rotatable bonds is 70. The molecule has 0 aliphatic heterocycles. The van der Waals surface area contributed by atoms with Crippen LogP contribution >= 0.6 is 15.6 Å². The first-order valence-electron chi connectivity index (χ1n) is 37.0. The molecule has 0 spiro atoms. The zero-order chi connectivity index (χ0) is 66.5. The molecule has 0 aliphatic carbocycles. The Bertz CT molecular complexity index is 1750. The number of ether oxygens (including phenoxy) is 4. The number of aliphatic hydroxyl groups is 1. The van der Waals surface area contributed by atoms with Crippen molar-refractivity contribution in [1.82, 2.24) is 0 Å². The van der Waals surface area contributed by atoms with Gasteiger partial charge in [0, 0.05) is 25.7 Å². The number of hydrogen-bond donors (Lipinski definition) is 3. The van der Waals surface area contributed by atoms with Crippen molar-refractivity contribution >= 4 is 39.5 Å². The Labute approximate surface area is 549 Å². The number of hydrogen-bond acceptors (Lipinski definition) is 15. The molecule has 0 saturated heterocycles. The minimum Gasteiger partial charge on any atom is -0.462 e. The Morgan fingerprint density at radius 2 is 0.567 bits per heavy atom. The number of phosphoric acid groups is 2. The first-order chi connectivity index (χ1) is 43.4. The van der Waals surface area contributed by atoms with Crippen LogP contribution in [0, 0.1) is 11.8 Å². The summed E-state index contributed by atoms with van der Waals surface area (Å²) < 4.78 is 68.3. The van der Waals surface area contributed by atoms with Crippen molar-refractivity contribution in [3.05, 3.63) is 0 Å². The lowest BCUT2D eigenvalue weighted by Gasteiger charge is -2.21. The minimum atomic E-state index is -4.95. The van der Waals surface area contributed by atoms with Gasteiger partial charge in [0.25, 0.3) is 0 Å². The van der Waals surface area contributed by atoms with Crippen LogP contribution in [0.5, 0.6) is 0 Å². The Balaban J connectivity index is 5.26. The van der Waals surface area contributed by atoms with Gasteiger partial charge in [-0.25, -0.2) is 9.13 Å². The molecule has 0 rings (SSSR count). The highest BCUT2D eigenvalue weighted by Gasteiger charge is 2.30. The molecule has 0 aromatic rings. The van der Waals surface area contributed by atoms with Gasteiger partial charge in [-0.15, -0.1) is 0 Å². The van der Waals surface area contributed by atoms with Crippen LogP contribution in [0.1, 0.15) is 363 Å². The van der Waals surface area contributed by atoms with Gasteiger partial charge >= 0.3 is 39.5 Å². The molecule has 17 nitrogen and oxygen atoms in total. The van der Waals surface area contributed by atoms with E-state index < -0.39 is 97.5 Å². The van der Waals surface area contributed by atoms with Crippen molar-refractivity contribution in [2.24, 2.45) is 11.8 Å². The smallest absolute Gasteiger partial charge is 0.462 e. The molecule has 0 saturated carbocycles. The van der Waals surface area contributed by atoms with Crippen LogP contribution in [0.15, 0.2) is 0 Å². The van der Waals surface area contributed by atoms with Crippen molar-refractivity contribution in [2.45, 2.75) is 381 Å². The zero-order valence-electron chi connectivity index (χ0n) is 58.4. The molecule has 0 aromatic carbocycles. The Morgan fingerprint density at radius 3 is 0.844 bits per heavy atom. The molecule has 0 fully saturated rings. The largest absolute Gasteiger partial charge is 0.472 e. The normalized spacial score (nSPS) is 14.4. The number of carbonyl (C=O) groups excluding carboxylic acids is 4. The van der Waals surface area contributed by atoms with E-state index in [0.717, 1.165) is 108 Å². The second kappa shape index (κ2) is 63.1. The van der Waals surface area contributed by atoms with Gasteiger partial charge in [0.1, 0.15) is 19.3 Å². The summed E-state index contributed by atoms with van der Waals surface area (Å²) in [5.41, 5.74) is 0. The van der Waals surface area contributed by atoms with Gasteiger partial charge in [0.05, 0.1) is 26.4 Å². The zero-order valence-corrected chi connectivity index (χ0v) is 60.2. The van der Waals surface area contributed by atoms with Gasteiger partial charge in [-0.2, -0.15) is 0 Å². The molecule has 0 radical (unpaired) electrons. The van der Waals surface area contributed by atoms with E-state index in [9.17, 15) is 43.2 Å². The predicted molar refractivity (Wildman–Crippen MR) is 363 cm³/mol. The van der Waals surface area contributed by atoms with Crippen molar-refractivity contribution in [1.29, 1.82) is 0 Å². The van der Waals surface area contributed by atoms with Crippen LogP contribution in [0.4, 0.5) is 0 Å². The van der Waals surface area contributed by atoms with Crippen LogP contribution in [0.25, 0.3) is 0 Å². The summed E-state index contributed by atoms with van der Waals surface area (Å²) in [7, 11) is -9.90. The maximum Gasteiger partial charge on any atom is 0.472 e. The van der Waals surface area contributed by atoms with E-state index in [4.69, 9.17) is 37.0 Å². The fraction of sp³-hybridized carbons (Fsp3) is 0.944. The highest BCUT2D eigenvalue weighted by Crippen LogP contribution is 2.45. The average molecular weight is 1330 g/mol. The first kappa shape index (κ1) is 88.1. The summed E-state index contributed by atoms with van der Waals surface area (Å²) in [6.07, 6.45) is 48.4. The Kier molecular flexibility index (Phi) is 61.8. The second-order valence-corrected chi connectivity index (χ2v) is 29.3. The standard InChI is InChI=1S/C71H138O17P2/c1-7-10-12-14-16-18-20-22-26-30-34-41-47-53-68(73)81-59-66(87-71(76)56-50-44-36-32-28-24-25-29-33-39-45-51-63(4)5)61-85-89(77,78)83-57-65(72)58-84-90(79,80)86-62-67(60-82-69(74)54-48-42-38-37-40-46-52-64(6)9-3)88-70(75)55-49-43-35-31-27-23-21-19-17-15-13-11-8-2/h63-67,72H,7-62H2,1-6H3,(H,77,78)(H,79,80)/t64?,65-,66-,67-/m1/s1. The Morgan fingerprint density at radius 1 is 0.322 bits per heavy atom. The van der Waals surface area contributed by atoms with Gasteiger partial charge in [0.15, 0.2) is 12.2 Å². The highest BCUT2D eigenvalue weighted by molar-refractivity contribution is 7.47. The van der Waals surface area contributed by atoms with Crippen LogP contribution < -0.4 is 0 Å². The summed E-state index contributed by atoms with van der Waals surface area (Å²) in [6.45, 7) is 9.52. The minimum absolute atomic E-state index is 0.107. The van der Waals surface area contributed by atoms with Gasteiger partial charge in [-0.05, 0) is 37.5 Å². The van der Waals surface area contributed by atoms with Crippen LogP contribution in [0.2, 0.25) is 0 Å². The van der Waals surface area contributed by atoms with E-state index in [1.807, 2.05) is 0 Å². The van der Waals surface area contributed by atoms with Crippen molar-refractivity contribution < 1.29 is 80.2 Å². The molecule has 90 heavy (non-hydrogen) atoms. The maximum atomic E-state index is 13.0. The third-order valence-corrected chi connectivity index (χ3v) is 18.7. The molecular formula is C71H138O17P2. The molecule has 0 aliphatic rings. The molecule has 6 atom stereocenters. The number of unbranched alkanes of at least 4 members (excludes halogenated alkanes) is 39. The number of phosphoric ester groups is 2. The van der Waals surface area contributed by atoms with Crippen LogP contribution in [-0.2, 0) is 65.4 Å². The molecule has 3 unspecified atom stereocenters. The van der Waals surface area contributed by atoms with E-state index in [1.165, 1.54) is 173 Å². The second-order valence-electron chi connectivity index (χ2n) is 26.3. The highest BCUT2D eigenvalue weighted by atomic mass is 31.2. The lowest BCUT2D eigenvalue weighted by atomic mass is 10.00. The quantitative estimate of drug-likeness (QED) is 0.0222. The fourth-order valence-electron chi connectivity index (χ4n) is 10.7. The van der Waals surface area contributed by atoms with Crippen LogP contribution in [-0.4, -0.2) is 96.7 Å². The fourth-order valence-corrected chi connectivity index (χ4v) is 12.3. The number of carbonyl (C=O) groups is 4. The number of aliphatic hydroxyl groups excluding tert-OH is 1. The predicted octanol–water partition coefficient (Wildman–Crippen LogP) is 20.4. The van der Waals surface area contributed by atoms with Crippen molar-refractivity contribution in [3.8, 4) is 0 Å². The van der Waals surface area contributed by atoms with Crippen molar-refractivity contribution in [2.75, 3.05) is 39.6 Å². The molecule has 0 amide bonds. The maximum absolute atomic E-state index is 13.0. The van der Waals surface area contributed by atoms with E-state index in [2.05, 4.69) is 41.5 Å². The van der Waals surface area contributed by atoms with E-state index >= 15 is 0 Å². The van der Waals surface area contributed by atoms with E-state index in [0.29, 0.717) is 25.7 Å². The molecule has 534 valence electrons. The van der Waals surface area contributed by atoms with Gasteiger partial charge in [-0.3, -0.25) is 37.3 Å². The van der Waals surface area contributed by atoms with Crippen molar-refractivity contribution in [3.63, 3.8) is 0 Å². The summed E-state index contributed by atoms with van der Waals surface area (Å²) in [6, 6.07) is 0. The summed E-state index contributed by atoms with van der Waals surface area (Å²) in [4.78, 5) is 72.6. The lowest BCUT2D eigenvalue weighted by Crippen LogP contribution is -2.30. The SMILES string of the molecule is CCCCCCCCCCCCCCCC(=O)OC[C@H](COP(=O)(O)OC[C@@H](O)COP(=O)(O)OC[C@@H](COC(=O)CCCCCCCCC(C)CC)OC(=O)CCCCCCCCCCCCCCC)OC(=O)CCCCCCCCCCCCCC(C)C. The first-order valence-corrected chi connectivity index (χ1v) is 40.0. The average Bonchev–Trinajstić information content (AvgIpc) is 3.70. The Hall–Kier alpha value is -1.94. The molecule has 0 aromatic heterocycles. The molecule has 0 heterocycles. The molecular weight excluding hydrogens is 1190 g/mol. The number of esters is 4.